The molecule has 1 amide bonds. The normalized spacial score (nSPS) is 11.4. The van der Waals surface area contributed by atoms with Gasteiger partial charge in [-0.15, -0.1) is 0 Å². The van der Waals surface area contributed by atoms with Crippen LogP contribution in [0, 0.1) is 6.92 Å². The van der Waals surface area contributed by atoms with Gasteiger partial charge in [0.15, 0.2) is 22.5 Å². The standard InChI is InChI=1S/C22H31ClN6O2/c1-15-7-9-16(10-8-15)14-17(30)6-4-5-12-29(2,3)13-11-26-22(31)18-20(24)28-21(25)19(23)27-18/h7-10H,4-6,11-14H2,1-3H3,(H4-,24,25,26,28,31)/p+1. The molecule has 0 bridgehead atoms. The van der Waals surface area contributed by atoms with E-state index in [0.29, 0.717) is 19.4 Å². The number of nitrogens with zero attached hydrogens (tertiary/aromatic N) is 3. The Labute approximate surface area is 188 Å². The fourth-order valence-electron chi connectivity index (χ4n) is 3.16. The molecule has 0 saturated heterocycles. The number of ketones is 1. The van der Waals surface area contributed by atoms with Crippen LogP contribution in [0.4, 0.5) is 11.6 Å². The number of nitrogens with one attached hydrogen (secondary N) is 1. The van der Waals surface area contributed by atoms with Crippen molar-refractivity contribution in [3.63, 3.8) is 0 Å². The number of aryl methyl sites for hydroxylation is 1. The van der Waals surface area contributed by atoms with E-state index >= 15 is 0 Å². The van der Waals surface area contributed by atoms with Crippen LogP contribution in [0.5, 0.6) is 0 Å². The number of hydrogen-bond donors (Lipinski definition) is 3. The van der Waals surface area contributed by atoms with E-state index in [1.807, 2.05) is 31.2 Å². The number of carbonyl (C=O) groups is 2. The minimum Gasteiger partial charge on any atom is -0.382 e. The first-order chi connectivity index (χ1) is 14.6. The molecular weight excluding hydrogens is 416 g/mol. The van der Waals surface area contributed by atoms with Crippen LogP contribution < -0.4 is 16.8 Å². The average Bonchev–Trinajstić information content (AvgIpc) is 2.69. The lowest BCUT2D eigenvalue weighted by atomic mass is 10.0. The molecule has 0 aliphatic carbocycles. The third-order valence-electron chi connectivity index (χ3n) is 5.11. The van der Waals surface area contributed by atoms with Gasteiger partial charge in [0.05, 0.1) is 33.7 Å². The van der Waals surface area contributed by atoms with Gasteiger partial charge in [-0.1, -0.05) is 41.4 Å². The van der Waals surface area contributed by atoms with E-state index in [0.717, 1.165) is 36.0 Å². The highest BCUT2D eigenvalue weighted by molar-refractivity contribution is 6.31. The summed E-state index contributed by atoms with van der Waals surface area (Å²) in [5.74, 6) is -0.231. The highest BCUT2D eigenvalue weighted by Crippen LogP contribution is 2.17. The van der Waals surface area contributed by atoms with Crippen molar-refractivity contribution in [3.8, 4) is 0 Å². The van der Waals surface area contributed by atoms with Gasteiger partial charge in [-0.2, -0.15) is 0 Å². The number of unbranched alkanes of at least 4 members (excludes halogenated alkanes) is 1. The van der Waals surface area contributed by atoms with Gasteiger partial charge in [0.2, 0.25) is 0 Å². The molecule has 1 heterocycles. The molecule has 168 valence electrons. The van der Waals surface area contributed by atoms with Crippen molar-refractivity contribution in [1.29, 1.82) is 0 Å². The summed E-state index contributed by atoms with van der Waals surface area (Å²) in [6, 6.07) is 8.09. The number of aromatic nitrogens is 2. The number of hydrogen-bond acceptors (Lipinski definition) is 6. The molecule has 0 radical (unpaired) electrons. The molecule has 1 aromatic carbocycles. The molecule has 0 fully saturated rings. The van der Waals surface area contributed by atoms with E-state index in [9.17, 15) is 9.59 Å². The Balaban J connectivity index is 1.68. The van der Waals surface area contributed by atoms with Gasteiger partial charge in [0.25, 0.3) is 5.91 Å². The van der Waals surface area contributed by atoms with Crippen LogP contribution in [-0.2, 0) is 11.2 Å². The van der Waals surface area contributed by atoms with E-state index in [2.05, 4.69) is 29.4 Å². The molecule has 1 aromatic heterocycles. The molecule has 0 spiro atoms. The van der Waals surface area contributed by atoms with E-state index in [1.54, 1.807) is 0 Å². The maximum Gasteiger partial charge on any atom is 0.273 e. The quantitative estimate of drug-likeness (QED) is 0.359. The van der Waals surface area contributed by atoms with E-state index < -0.39 is 5.91 Å². The van der Waals surface area contributed by atoms with Crippen molar-refractivity contribution < 1.29 is 14.1 Å². The van der Waals surface area contributed by atoms with Crippen LogP contribution in [0.15, 0.2) is 24.3 Å². The van der Waals surface area contributed by atoms with E-state index in [4.69, 9.17) is 23.1 Å². The van der Waals surface area contributed by atoms with E-state index in [-0.39, 0.29) is 28.3 Å². The molecule has 8 nitrogen and oxygen atoms in total. The maximum atomic E-state index is 12.3. The molecule has 9 heteroatoms. The first-order valence-corrected chi connectivity index (χ1v) is 10.7. The molecule has 0 unspecified atom stereocenters. The van der Waals surface area contributed by atoms with Gasteiger partial charge in [-0.25, -0.2) is 9.97 Å². The van der Waals surface area contributed by atoms with Crippen LogP contribution >= 0.6 is 11.6 Å². The van der Waals surface area contributed by atoms with Crippen LogP contribution in [0.1, 0.15) is 40.9 Å². The number of nitrogen functional groups attached to an aromatic ring is 2. The van der Waals surface area contributed by atoms with E-state index in [1.165, 1.54) is 5.56 Å². The fraction of sp³-hybridized carbons (Fsp3) is 0.455. The topological polar surface area (TPSA) is 124 Å². The Morgan fingerprint density at radius 3 is 2.39 bits per heavy atom. The molecule has 2 aromatic rings. The number of amides is 1. The Kier molecular flexibility index (Phi) is 8.76. The number of rotatable bonds is 11. The van der Waals surface area contributed by atoms with Crippen molar-refractivity contribution in [2.45, 2.75) is 32.6 Å². The summed E-state index contributed by atoms with van der Waals surface area (Å²) in [6.45, 7) is 4.11. The minimum atomic E-state index is -0.436. The van der Waals surface area contributed by atoms with Crippen molar-refractivity contribution in [3.05, 3.63) is 46.2 Å². The third-order valence-corrected chi connectivity index (χ3v) is 5.39. The molecule has 0 atom stereocenters. The van der Waals surface area contributed by atoms with Gasteiger partial charge in [-0.05, 0) is 25.3 Å². The Morgan fingerprint density at radius 2 is 1.71 bits per heavy atom. The van der Waals surface area contributed by atoms with Gasteiger partial charge >= 0.3 is 0 Å². The number of benzene rings is 1. The van der Waals surface area contributed by atoms with Gasteiger partial charge < -0.3 is 21.3 Å². The summed E-state index contributed by atoms with van der Waals surface area (Å²) < 4.78 is 0.718. The van der Waals surface area contributed by atoms with Crippen LogP contribution in [-0.4, -0.2) is 59.9 Å². The fourth-order valence-corrected chi connectivity index (χ4v) is 3.29. The predicted octanol–water partition coefficient (Wildman–Crippen LogP) is 2.39. The first kappa shape index (κ1) is 24.6. The monoisotopic (exact) mass is 447 g/mol. The summed E-state index contributed by atoms with van der Waals surface area (Å²) in [5, 5.41) is 2.74. The Bertz CT molecular complexity index is 915. The number of halogens is 1. The van der Waals surface area contributed by atoms with Gasteiger partial charge in [-0.3, -0.25) is 9.59 Å². The lowest BCUT2D eigenvalue weighted by Gasteiger charge is -2.29. The zero-order chi connectivity index (χ0) is 23.0. The van der Waals surface area contributed by atoms with Crippen LogP contribution in [0.2, 0.25) is 5.15 Å². The second-order valence-electron chi connectivity index (χ2n) is 8.43. The first-order valence-electron chi connectivity index (χ1n) is 10.3. The smallest absolute Gasteiger partial charge is 0.273 e. The molecular formula is C22H32ClN6O2+. The zero-order valence-corrected chi connectivity index (χ0v) is 19.2. The van der Waals surface area contributed by atoms with Crippen molar-refractivity contribution in [2.75, 3.05) is 45.2 Å². The summed E-state index contributed by atoms with van der Waals surface area (Å²) >= 11 is 5.82. The second kappa shape index (κ2) is 11.1. The van der Waals surface area contributed by atoms with Crippen LogP contribution in [0.25, 0.3) is 0 Å². The Hall–Kier alpha value is -2.71. The molecule has 2 rings (SSSR count). The molecule has 0 aliphatic rings. The maximum absolute atomic E-state index is 12.3. The molecule has 5 N–H and O–H groups in total. The van der Waals surface area contributed by atoms with Crippen molar-refractivity contribution >= 4 is 34.9 Å². The lowest BCUT2D eigenvalue weighted by Crippen LogP contribution is -2.46. The van der Waals surface area contributed by atoms with Crippen LogP contribution in [0.3, 0.4) is 0 Å². The highest BCUT2D eigenvalue weighted by Gasteiger charge is 2.18. The second-order valence-corrected chi connectivity index (χ2v) is 8.79. The zero-order valence-electron chi connectivity index (χ0n) is 18.4. The number of carbonyl (C=O) groups excluding carboxylic acids is 2. The van der Waals surface area contributed by atoms with Crippen molar-refractivity contribution in [2.24, 2.45) is 0 Å². The number of likely N-dealkylation sites (N-methyl/N-ethyl adjacent to an activating group) is 1. The summed E-state index contributed by atoms with van der Waals surface area (Å²) in [4.78, 5) is 32.2. The number of nitrogens with two attached hydrogens (primary N) is 2. The summed E-state index contributed by atoms with van der Waals surface area (Å²) in [6.07, 6.45) is 2.87. The lowest BCUT2D eigenvalue weighted by molar-refractivity contribution is -0.889. The third kappa shape index (κ3) is 8.15. The number of anilines is 2. The van der Waals surface area contributed by atoms with Gasteiger partial charge in [0.1, 0.15) is 5.78 Å². The largest absolute Gasteiger partial charge is 0.382 e. The molecule has 31 heavy (non-hydrogen) atoms. The average molecular weight is 448 g/mol. The number of Topliss-reactive ketones (excluding diaryl/α,β-unsaturated/α-hetero) is 1. The SMILES string of the molecule is Cc1ccc(CC(=O)CCCC[N+](C)(C)CCNC(=O)c2nc(Cl)c(N)nc2N)cc1. The summed E-state index contributed by atoms with van der Waals surface area (Å²) in [5.41, 5.74) is 13.5. The minimum absolute atomic E-state index is 0.00846. The molecule has 0 aliphatic heterocycles. The Morgan fingerprint density at radius 1 is 1.03 bits per heavy atom. The van der Waals surface area contributed by atoms with Gasteiger partial charge in [0, 0.05) is 12.8 Å². The summed E-state index contributed by atoms with van der Waals surface area (Å²) in [7, 11) is 4.18. The molecule has 0 saturated carbocycles. The predicted molar refractivity (Wildman–Crippen MR) is 124 cm³/mol. The van der Waals surface area contributed by atoms with Crippen molar-refractivity contribution in [1.82, 2.24) is 15.3 Å². The number of quaternary nitrogens is 1. The highest BCUT2D eigenvalue weighted by atomic mass is 35.5.